The van der Waals surface area contributed by atoms with Crippen LogP contribution in [0.5, 0.6) is 0 Å². The van der Waals surface area contributed by atoms with Gasteiger partial charge in [0, 0.05) is 13.0 Å². The molecule has 19 heavy (non-hydrogen) atoms. The van der Waals surface area contributed by atoms with Crippen LogP contribution in [0.2, 0.25) is 0 Å². The van der Waals surface area contributed by atoms with Gasteiger partial charge in [-0.05, 0) is 31.4 Å². The van der Waals surface area contributed by atoms with Gasteiger partial charge >= 0.3 is 12.1 Å². The van der Waals surface area contributed by atoms with Gasteiger partial charge in [-0.3, -0.25) is 4.79 Å². The normalized spacial score (nSPS) is 10.3. The van der Waals surface area contributed by atoms with Crippen LogP contribution in [0.15, 0.2) is 24.3 Å². The van der Waals surface area contributed by atoms with Crippen molar-refractivity contribution in [2.75, 3.05) is 0 Å². The maximum atomic E-state index is 11.4. The number of aliphatic carboxylic acids is 1. The van der Waals surface area contributed by atoms with E-state index in [9.17, 15) is 9.59 Å². The molecule has 0 bridgehead atoms. The van der Waals surface area contributed by atoms with Gasteiger partial charge < -0.3 is 15.2 Å². The molecule has 0 radical (unpaired) electrons. The number of carboxylic acid groups (broad SMARTS) is 1. The summed E-state index contributed by atoms with van der Waals surface area (Å²) in [6, 6.07) is 7.45. The minimum absolute atomic E-state index is 0.0768. The van der Waals surface area contributed by atoms with Crippen molar-refractivity contribution in [1.82, 2.24) is 5.32 Å². The highest BCUT2D eigenvalue weighted by Crippen LogP contribution is 2.11. The number of aryl methyl sites for hydroxylation is 1. The Morgan fingerprint density at radius 3 is 2.47 bits per heavy atom. The molecule has 0 saturated carbocycles. The van der Waals surface area contributed by atoms with Gasteiger partial charge in [0.15, 0.2) is 0 Å². The third kappa shape index (κ3) is 5.90. The van der Waals surface area contributed by atoms with Gasteiger partial charge in [-0.1, -0.05) is 24.3 Å². The van der Waals surface area contributed by atoms with Gasteiger partial charge in [0.05, 0.1) is 6.10 Å². The van der Waals surface area contributed by atoms with Crippen LogP contribution in [0.1, 0.15) is 31.4 Å². The number of alkyl carbamates (subject to hydrolysis) is 1. The number of amides is 1. The monoisotopic (exact) mass is 265 g/mol. The largest absolute Gasteiger partial charge is 0.481 e. The lowest BCUT2D eigenvalue weighted by atomic mass is 10.0. The zero-order chi connectivity index (χ0) is 14.3. The number of hydrogen-bond acceptors (Lipinski definition) is 3. The van der Waals surface area contributed by atoms with Gasteiger partial charge in [0.1, 0.15) is 0 Å². The Labute approximate surface area is 112 Å². The second-order valence-corrected chi connectivity index (χ2v) is 4.47. The first-order valence-corrected chi connectivity index (χ1v) is 6.22. The maximum Gasteiger partial charge on any atom is 0.407 e. The number of carbonyl (C=O) groups is 2. The Bertz CT molecular complexity index is 443. The van der Waals surface area contributed by atoms with Crippen LogP contribution in [0.25, 0.3) is 0 Å². The molecule has 104 valence electrons. The second kappa shape index (κ2) is 7.41. The zero-order valence-electron chi connectivity index (χ0n) is 11.2. The first-order chi connectivity index (χ1) is 8.99. The van der Waals surface area contributed by atoms with Crippen molar-refractivity contribution in [2.24, 2.45) is 0 Å². The molecule has 1 amide bonds. The number of rotatable bonds is 6. The Kier molecular flexibility index (Phi) is 5.85. The smallest absolute Gasteiger partial charge is 0.407 e. The summed E-state index contributed by atoms with van der Waals surface area (Å²) in [7, 11) is 0. The summed E-state index contributed by atoms with van der Waals surface area (Å²) in [5.74, 6) is -0.832. The van der Waals surface area contributed by atoms with Gasteiger partial charge in [-0.2, -0.15) is 0 Å². The maximum absolute atomic E-state index is 11.4. The number of hydrogen-bond donors (Lipinski definition) is 2. The highest BCUT2D eigenvalue weighted by Gasteiger charge is 2.08. The summed E-state index contributed by atoms with van der Waals surface area (Å²) >= 11 is 0. The minimum atomic E-state index is -0.832. The van der Waals surface area contributed by atoms with E-state index in [4.69, 9.17) is 9.84 Å². The van der Waals surface area contributed by atoms with Crippen LogP contribution < -0.4 is 5.32 Å². The predicted molar refractivity (Wildman–Crippen MR) is 70.9 cm³/mol. The van der Waals surface area contributed by atoms with E-state index < -0.39 is 12.1 Å². The van der Waals surface area contributed by atoms with Crippen LogP contribution >= 0.6 is 0 Å². The first-order valence-electron chi connectivity index (χ1n) is 6.22. The molecule has 0 heterocycles. The van der Waals surface area contributed by atoms with Crippen LogP contribution in [-0.4, -0.2) is 23.3 Å². The van der Waals surface area contributed by atoms with E-state index in [1.54, 1.807) is 13.8 Å². The van der Waals surface area contributed by atoms with E-state index in [1.807, 2.05) is 24.3 Å². The molecule has 0 spiro atoms. The molecule has 0 fully saturated rings. The second-order valence-electron chi connectivity index (χ2n) is 4.47. The number of carboxylic acids is 1. The molecule has 0 saturated heterocycles. The predicted octanol–water partition coefficient (Wildman–Crippen LogP) is 2.34. The van der Waals surface area contributed by atoms with Gasteiger partial charge in [0.2, 0.25) is 0 Å². The standard InChI is InChI=1S/C14H19NO4/c1-10(2)19-14(18)15-9-12-6-4-3-5-11(12)7-8-13(16)17/h3-6,10H,7-9H2,1-2H3,(H,15,18)(H,16,17). The number of ether oxygens (including phenoxy) is 1. The molecule has 0 atom stereocenters. The molecular formula is C14H19NO4. The summed E-state index contributed by atoms with van der Waals surface area (Å²) in [4.78, 5) is 22.0. The molecule has 0 aliphatic carbocycles. The fourth-order valence-corrected chi connectivity index (χ4v) is 1.64. The molecule has 1 aromatic carbocycles. The summed E-state index contributed by atoms with van der Waals surface area (Å²) < 4.78 is 4.97. The molecule has 0 unspecified atom stereocenters. The van der Waals surface area contributed by atoms with Crippen LogP contribution in [0.3, 0.4) is 0 Å². The SMILES string of the molecule is CC(C)OC(=O)NCc1ccccc1CCC(=O)O. The average Bonchev–Trinajstić information content (AvgIpc) is 2.34. The Morgan fingerprint density at radius 2 is 1.89 bits per heavy atom. The van der Waals surface area contributed by atoms with E-state index in [1.165, 1.54) is 0 Å². The van der Waals surface area contributed by atoms with Crippen LogP contribution in [0, 0.1) is 0 Å². The third-order valence-corrected chi connectivity index (χ3v) is 2.49. The van der Waals surface area contributed by atoms with E-state index in [0.29, 0.717) is 13.0 Å². The van der Waals surface area contributed by atoms with Crippen molar-refractivity contribution in [2.45, 2.75) is 39.3 Å². The van der Waals surface area contributed by atoms with Crippen molar-refractivity contribution in [1.29, 1.82) is 0 Å². The van der Waals surface area contributed by atoms with Gasteiger partial charge in [-0.25, -0.2) is 4.79 Å². The Balaban J connectivity index is 2.57. The van der Waals surface area contributed by atoms with Gasteiger partial charge in [-0.15, -0.1) is 0 Å². The van der Waals surface area contributed by atoms with E-state index in [0.717, 1.165) is 11.1 Å². The molecule has 5 nitrogen and oxygen atoms in total. The van der Waals surface area contributed by atoms with Gasteiger partial charge in [0.25, 0.3) is 0 Å². The molecule has 1 rings (SSSR count). The van der Waals surface area contributed by atoms with E-state index >= 15 is 0 Å². The van der Waals surface area contributed by atoms with E-state index in [-0.39, 0.29) is 12.5 Å². The highest BCUT2D eigenvalue weighted by molar-refractivity contribution is 5.68. The quantitative estimate of drug-likeness (QED) is 0.827. The molecular weight excluding hydrogens is 246 g/mol. The number of carbonyl (C=O) groups excluding carboxylic acids is 1. The Hall–Kier alpha value is -2.04. The van der Waals surface area contributed by atoms with Crippen molar-refractivity contribution in [3.05, 3.63) is 35.4 Å². The number of nitrogens with one attached hydrogen (secondary N) is 1. The van der Waals surface area contributed by atoms with Crippen molar-refractivity contribution in [3.63, 3.8) is 0 Å². The fourth-order valence-electron chi connectivity index (χ4n) is 1.64. The third-order valence-electron chi connectivity index (χ3n) is 2.49. The molecule has 5 heteroatoms. The van der Waals surface area contributed by atoms with Crippen LogP contribution in [0.4, 0.5) is 4.79 Å². The highest BCUT2D eigenvalue weighted by atomic mass is 16.6. The van der Waals surface area contributed by atoms with Crippen LogP contribution in [-0.2, 0) is 22.5 Å². The van der Waals surface area contributed by atoms with Crippen molar-refractivity contribution in [3.8, 4) is 0 Å². The average molecular weight is 265 g/mol. The summed E-state index contributed by atoms with van der Waals surface area (Å²) in [5.41, 5.74) is 1.83. The lowest BCUT2D eigenvalue weighted by Gasteiger charge is -2.12. The molecule has 0 aliphatic heterocycles. The molecule has 0 aliphatic rings. The van der Waals surface area contributed by atoms with Crippen molar-refractivity contribution < 1.29 is 19.4 Å². The topological polar surface area (TPSA) is 75.6 Å². The number of benzene rings is 1. The minimum Gasteiger partial charge on any atom is -0.481 e. The zero-order valence-corrected chi connectivity index (χ0v) is 11.2. The molecule has 1 aromatic rings. The molecule has 2 N–H and O–H groups in total. The lowest BCUT2D eigenvalue weighted by Crippen LogP contribution is -2.26. The van der Waals surface area contributed by atoms with E-state index in [2.05, 4.69) is 5.32 Å². The Morgan fingerprint density at radius 1 is 1.26 bits per heavy atom. The fraction of sp³-hybridized carbons (Fsp3) is 0.429. The molecule has 0 aromatic heterocycles. The van der Waals surface area contributed by atoms with Crippen molar-refractivity contribution >= 4 is 12.1 Å². The summed E-state index contributed by atoms with van der Waals surface area (Å²) in [6.45, 7) is 3.89. The first kappa shape index (κ1) is 15.0. The lowest BCUT2D eigenvalue weighted by molar-refractivity contribution is -0.136. The summed E-state index contributed by atoms with van der Waals surface area (Å²) in [5, 5.41) is 11.3. The summed E-state index contributed by atoms with van der Waals surface area (Å²) in [6.07, 6.45) is -0.106.